The van der Waals surface area contributed by atoms with Crippen LogP contribution in [-0.4, -0.2) is 46.7 Å². The van der Waals surface area contributed by atoms with Crippen molar-refractivity contribution in [1.29, 1.82) is 0 Å². The van der Waals surface area contributed by atoms with E-state index in [-0.39, 0.29) is 13.0 Å². The van der Waals surface area contributed by atoms with Crippen LogP contribution in [0.3, 0.4) is 0 Å². The third-order valence-electron chi connectivity index (χ3n) is 3.32. The first-order valence-corrected chi connectivity index (χ1v) is 6.21. The van der Waals surface area contributed by atoms with E-state index >= 15 is 0 Å². The lowest BCUT2D eigenvalue weighted by Crippen LogP contribution is -2.42. The zero-order chi connectivity index (χ0) is 14.6. The second kappa shape index (κ2) is 6.58. The van der Waals surface area contributed by atoms with Crippen LogP contribution in [0.1, 0.15) is 32.6 Å². The van der Waals surface area contributed by atoms with Crippen LogP contribution in [0, 0.1) is 5.92 Å². The van der Waals surface area contributed by atoms with Gasteiger partial charge < -0.3 is 10.0 Å². The standard InChI is InChI=1S/C12H17F2NO4/c1-2-9(16)7(11(13)14)6-10(17)15-5-3-4-8(15)12(18)19/h7-8,11H,2-6H2,1H3,(H,18,19)/t7?,8-/m0/s1. The fraction of sp³-hybridized carbons (Fsp3) is 0.750. The quantitative estimate of drug-likeness (QED) is 0.794. The lowest BCUT2D eigenvalue weighted by molar-refractivity contribution is -0.149. The molecule has 1 unspecified atom stereocenters. The summed E-state index contributed by atoms with van der Waals surface area (Å²) in [6, 6.07) is -0.956. The van der Waals surface area contributed by atoms with E-state index in [1.54, 1.807) is 0 Å². The van der Waals surface area contributed by atoms with Crippen LogP contribution in [-0.2, 0) is 14.4 Å². The minimum Gasteiger partial charge on any atom is -0.480 e. The molecule has 108 valence electrons. The average molecular weight is 277 g/mol. The number of nitrogens with zero attached hydrogens (tertiary/aromatic N) is 1. The molecule has 1 aliphatic rings. The number of carboxylic acids is 1. The third-order valence-corrected chi connectivity index (χ3v) is 3.32. The number of carbonyl (C=O) groups is 3. The van der Waals surface area contributed by atoms with Crippen LogP contribution in [0.2, 0.25) is 0 Å². The zero-order valence-corrected chi connectivity index (χ0v) is 10.6. The van der Waals surface area contributed by atoms with Crippen molar-refractivity contribution in [2.45, 2.75) is 45.1 Å². The molecule has 1 heterocycles. The number of amides is 1. The van der Waals surface area contributed by atoms with Crippen molar-refractivity contribution >= 4 is 17.7 Å². The fourth-order valence-corrected chi connectivity index (χ4v) is 2.23. The van der Waals surface area contributed by atoms with E-state index in [2.05, 4.69) is 0 Å². The fourth-order valence-electron chi connectivity index (χ4n) is 2.23. The lowest BCUT2D eigenvalue weighted by atomic mass is 9.98. The van der Waals surface area contributed by atoms with Gasteiger partial charge in [-0.2, -0.15) is 0 Å². The molecule has 1 fully saturated rings. The van der Waals surface area contributed by atoms with Gasteiger partial charge in [0.2, 0.25) is 12.3 Å². The highest BCUT2D eigenvalue weighted by Crippen LogP contribution is 2.23. The maximum absolute atomic E-state index is 12.7. The van der Waals surface area contributed by atoms with E-state index in [0.29, 0.717) is 12.8 Å². The molecule has 19 heavy (non-hydrogen) atoms. The Balaban J connectivity index is 2.71. The Bertz CT molecular complexity index is 373. The smallest absolute Gasteiger partial charge is 0.326 e. The second-order valence-corrected chi connectivity index (χ2v) is 4.55. The van der Waals surface area contributed by atoms with Gasteiger partial charge in [0.1, 0.15) is 11.8 Å². The van der Waals surface area contributed by atoms with Crippen molar-refractivity contribution in [3.05, 3.63) is 0 Å². The topological polar surface area (TPSA) is 74.7 Å². The van der Waals surface area contributed by atoms with Crippen LogP contribution < -0.4 is 0 Å². The number of likely N-dealkylation sites (tertiary alicyclic amines) is 1. The van der Waals surface area contributed by atoms with E-state index in [1.807, 2.05) is 0 Å². The van der Waals surface area contributed by atoms with Crippen molar-refractivity contribution in [3.8, 4) is 0 Å². The van der Waals surface area contributed by atoms with Crippen LogP contribution in [0.15, 0.2) is 0 Å². The van der Waals surface area contributed by atoms with E-state index in [9.17, 15) is 23.2 Å². The number of ketones is 1. The maximum Gasteiger partial charge on any atom is 0.326 e. The Labute approximate surface area is 109 Å². The molecule has 0 saturated carbocycles. The molecule has 0 aromatic rings. The summed E-state index contributed by atoms with van der Waals surface area (Å²) < 4.78 is 25.5. The van der Waals surface area contributed by atoms with Gasteiger partial charge in [-0.1, -0.05) is 6.92 Å². The van der Waals surface area contributed by atoms with E-state index in [1.165, 1.54) is 6.92 Å². The van der Waals surface area contributed by atoms with Crippen molar-refractivity contribution in [2.75, 3.05) is 6.54 Å². The molecule has 1 rings (SSSR count). The summed E-state index contributed by atoms with van der Waals surface area (Å²) in [6.07, 6.45) is -2.73. The summed E-state index contributed by atoms with van der Waals surface area (Å²) in [5.74, 6) is -4.12. The summed E-state index contributed by atoms with van der Waals surface area (Å²) >= 11 is 0. The number of carbonyl (C=O) groups excluding carboxylic acids is 2. The molecule has 1 aliphatic heterocycles. The number of hydrogen-bond acceptors (Lipinski definition) is 3. The van der Waals surface area contributed by atoms with Gasteiger partial charge in [0, 0.05) is 19.4 Å². The number of Topliss-reactive ketones (excluding diaryl/α,β-unsaturated/α-hetero) is 1. The molecule has 1 amide bonds. The Morgan fingerprint density at radius 3 is 2.47 bits per heavy atom. The van der Waals surface area contributed by atoms with Crippen LogP contribution in [0.25, 0.3) is 0 Å². The highest BCUT2D eigenvalue weighted by Gasteiger charge is 2.37. The molecular formula is C12H17F2NO4. The van der Waals surface area contributed by atoms with Crippen molar-refractivity contribution < 1.29 is 28.3 Å². The largest absolute Gasteiger partial charge is 0.480 e. The first-order valence-electron chi connectivity index (χ1n) is 6.21. The van der Waals surface area contributed by atoms with Gasteiger partial charge in [0.05, 0.1) is 5.92 Å². The van der Waals surface area contributed by atoms with E-state index < -0.39 is 42.5 Å². The minimum absolute atomic E-state index is 0.0648. The number of rotatable bonds is 6. The Morgan fingerprint density at radius 1 is 1.37 bits per heavy atom. The van der Waals surface area contributed by atoms with Crippen molar-refractivity contribution in [2.24, 2.45) is 5.92 Å². The van der Waals surface area contributed by atoms with Gasteiger partial charge in [-0.15, -0.1) is 0 Å². The predicted octanol–water partition coefficient (Wildman–Crippen LogP) is 1.31. The molecule has 0 bridgehead atoms. The Kier molecular flexibility index (Phi) is 5.38. The van der Waals surface area contributed by atoms with E-state index in [4.69, 9.17) is 5.11 Å². The van der Waals surface area contributed by atoms with E-state index in [0.717, 1.165) is 4.90 Å². The summed E-state index contributed by atoms with van der Waals surface area (Å²) in [5, 5.41) is 8.92. The number of carboxylic acid groups (broad SMARTS) is 1. The maximum atomic E-state index is 12.7. The molecule has 2 atom stereocenters. The zero-order valence-electron chi connectivity index (χ0n) is 10.6. The molecule has 5 nitrogen and oxygen atoms in total. The number of hydrogen-bond donors (Lipinski definition) is 1. The van der Waals surface area contributed by atoms with Crippen molar-refractivity contribution in [3.63, 3.8) is 0 Å². The predicted molar refractivity (Wildman–Crippen MR) is 61.8 cm³/mol. The summed E-state index contributed by atoms with van der Waals surface area (Å²) in [5.41, 5.74) is 0. The van der Waals surface area contributed by atoms with Gasteiger partial charge in [-0.25, -0.2) is 13.6 Å². The number of halogens is 2. The van der Waals surface area contributed by atoms with Gasteiger partial charge in [-0.05, 0) is 12.8 Å². The summed E-state index contributed by atoms with van der Waals surface area (Å²) in [6.45, 7) is 1.70. The normalized spacial score (nSPS) is 20.6. The molecule has 1 saturated heterocycles. The van der Waals surface area contributed by atoms with Gasteiger partial charge in [-0.3, -0.25) is 9.59 Å². The average Bonchev–Trinajstić information content (AvgIpc) is 2.83. The van der Waals surface area contributed by atoms with Crippen LogP contribution in [0.4, 0.5) is 8.78 Å². The molecule has 0 radical (unpaired) electrons. The summed E-state index contributed by atoms with van der Waals surface area (Å²) in [7, 11) is 0. The number of alkyl halides is 2. The van der Waals surface area contributed by atoms with Crippen molar-refractivity contribution in [1.82, 2.24) is 4.90 Å². The summed E-state index contributed by atoms with van der Waals surface area (Å²) in [4.78, 5) is 35.2. The Hall–Kier alpha value is -1.53. The third kappa shape index (κ3) is 3.71. The SMILES string of the molecule is CCC(=O)C(CC(=O)N1CCC[C@H]1C(=O)O)C(F)F. The molecule has 7 heteroatoms. The molecule has 0 spiro atoms. The molecule has 0 aromatic carbocycles. The number of aliphatic carboxylic acids is 1. The molecule has 0 aliphatic carbocycles. The monoisotopic (exact) mass is 277 g/mol. The van der Waals surface area contributed by atoms with Crippen LogP contribution >= 0.6 is 0 Å². The first kappa shape index (κ1) is 15.5. The molecule has 0 aromatic heterocycles. The highest BCUT2D eigenvalue weighted by atomic mass is 19.3. The van der Waals surface area contributed by atoms with Gasteiger partial charge in [0.15, 0.2) is 0 Å². The molecule has 1 N–H and O–H groups in total. The minimum atomic E-state index is -2.90. The molecular weight excluding hydrogens is 260 g/mol. The van der Waals surface area contributed by atoms with Gasteiger partial charge >= 0.3 is 5.97 Å². The second-order valence-electron chi connectivity index (χ2n) is 4.55. The lowest BCUT2D eigenvalue weighted by Gasteiger charge is -2.23. The van der Waals surface area contributed by atoms with Crippen LogP contribution in [0.5, 0.6) is 0 Å². The van der Waals surface area contributed by atoms with Gasteiger partial charge in [0.25, 0.3) is 0 Å². The Morgan fingerprint density at radius 2 is 2.00 bits per heavy atom. The first-order chi connectivity index (χ1) is 8.88. The highest BCUT2D eigenvalue weighted by molar-refractivity contribution is 5.89.